The minimum atomic E-state index is 0.771. The lowest BCUT2D eigenvalue weighted by atomic mass is 10.2. The van der Waals surface area contributed by atoms with Crippen molar-refractivity contribution in [3.8, 4) is 0 Å². The summed E-state index contributed by atoms with van der Waals surface area (Å²) in [6.45, 7) is 2.18. The molecule has 4 heteroatoms. The molecule has 2 aromatic rings. The second kappa shape index (κ2) is 7.97. The molecular formula is C19H21N3S. The van der Waals surface area contributed by atoms with Crippen LogP contribution < -0.4 is 0 Å². The van der Waals surface area contributed by atoms with Crippen molar-refractivity contribution in [2.75, 3.05) is 19.3 Å². The summed E-state index contributed by atoms with van der Waals surface area (Å²) in [7, 11) is 0. The maximum absolute atomic E-state index is 4.90. The van der Waals surface area contributed by atoms with E-state index in [9.17, 15) is 0 Å². The van der Waals surface area contributed by atoms with Gasteiger partial charge in [0.1, 0.15) is 0 Å². The highest BCUT2D eigenvalue weighted by molar-refractivity contribution is 8.13. The molecule has 23 heavy (non-hydrogen) atoms. The van der Waals surface area contributed by atoms with Gasteiger partial charge in [0.2, 0.25) is 0 Å². The molecule has 3 rings (SSSR count). The number of likely N-dealkylation sites (tertiary alicyclic amines) is 1. The number of hydrogen-bond donors (Lipinski definition) is 0. The Balaban J connectivity index is 1.99. The van der Waals surface area contributed by atoms with Gasteiger partial charge in [-0.2, -0.15) is 0 Å². The number of rotatable bonds is 2. The van der Waals surface area contributed by atoms with Crippen LogP contribution in [0.4, 0.5) is 5.69 Å². The molecule has 0 aromatic heterocycles. The fraction of sp³-hybridized carbons (Fsp3) is 0.263. The quantitative estimate of drug-likeness (QED) is 0.598. The first-order chi connectivity index (χ1) is 11.4. The summed E-state index contributed by atoms with van der Waals surface area (Å²) >= 11 is 1.70. The Labute approximate surface area is 142 Å². The molecule has 0 atom stereocenters. The lowest BCUT2D eigenvalue weighted by Crippen LogP contribution is -2.26. The predicted molar refractivity (Wildman–Crippen MR) is 101 cm³/mol. The number of hydrogen-bond acceptors (Lipinski definition) is 2. The number of amidine groups is 2. The smallest absolute Gasteiger partial charge is 0.165 e. The molecule has 118 valence electrons. The van der Waals surface area contributed by atoms with Gasteiger partial charge in [-0.15, -0.1) is 0 Å². The zero-order valence-electron chi connectivity index (χ0n) is 13.4. The normalized spacial score (nSPS) is 16.0. The van der Waals surface area contributed by atoms with Crippen LogP contribution in [-0.4, -0.2) is 35.2 Å². The van der Waals surface area contributed by atoms with Crippen LogP contribution in [0.15, 0.2) is 70.6 Å². The van der Waals surface area contributed by atoms with Crippen LogP contribution in [0, 0.1) is 0 Å². The van der Waals surface area contributed by atoms with Crippen molar-refractivity contribution in [3.05, 3.63) is 66.2 Å². The Bertz CT molecular complexity index is 674. The van der Waals surface area contributed by atoms with Crippen LogP contribution in [0.3, 0.4) is 0 Å². The molecule has 3 nitrogen and oxygen atoms in total. The molecule has 1 aliphatic heterocycles. The van der Waals surface area contributed by atoms with Gasteiger partial charge >= 0.3 is 0 Å². The van der Waals surface area contributed by atoms with E-state index in [2.05, 4.69) is 23.3 Å². The maximum atomic E-state index is 4.90. The van der Waals surface area contributed by atoms with Crippen molar-refractivity contribution < 1.29 is 0 Å². The van der Waals surface area contributed by atoms with Crippen LogP contribution in [0.5, 0.6) is 0 Å². The van der Waals surface area contributed by atoms with E-state index < -0.39 is 0 Å². The molecule has 0 spiro atoms. The molecular weight excluding hydrogens is 302 g/mol. The summed E-state index contributed by atoms with van der Waals surface area (Å²) in [5, 5.41) is 1.06. The SMILES string of the molecule is CSC(=NC(=Nc1ccccc1)c1ccccc1)N1CCCC1. The third-order valence-corrected chi connectivity index (χ3v) is 4.50. The maximum Gasteiger partial charge on any atom is 0.165 e. The number of aliphatic imine (C=N–C) groups is 2. The lowest BCUT2D eigenvalue weighted by molar-refractivity contribution is 0.531. The second-order valence-corrected chi connectivity index (χ2v) is 6.20. The Morgan fingerprint density at radius 1 is 0.913 bits per heavy atom. The molecule has 0 radical (unpaired) electrons. The first kappa shape index (κ1) is 15.8. The summed E-state index contributed by atoms with van der Waals surface area (Å²) in [4.78, 5) is 12.0. The molecule has 0 saturated carbocycles. The van der Waals surface area contributed by atoms with Gasteiger partial charge in [-0.05, 0) is 31.2 Å². The summed E-state index contributed by atoms with van der Waals surface area (Å²) in [5.41, 5.74) is 1.97. The average molecular weight is 323 g/mol. The first-order valence-corrected chi connectivity index (χ1v) is 9.16. The van der Waals surface area contributed by atoms with Crippen molar-refractivity contribution in [3.63, 3.8) is 0 Å². The monoisotopic (exact) mass is 323 g/mol. The molecule has 0 N–H and O–H groups in total. The minimum Gasteiger partial charge on any atom is -0.351 e. The van der Waals surface area contributed by atoms with E-state index in [0.29, 0.717) is 0 Å². The number of para-hydroxylation sites is 1. The van der Waals surface area contributed by atoms with Gasteiger partial charge in [0.05, 0.1) is 5.69 Å². The molecule has 0 unspecified atom stereocenters. The van der Waals surface area contributed by atoms with Crippen LogP contribution in [0.25, 0.3) is 0 Å². The highest BCUT2D eigenvalue weighted by Gasteiger charge is 2.16. The number of thioether (sulfide) groups is 1. The molecule has 1 fully saturated rings. The van der Waals surface area contributed by atoms with E-state index in [1.54, 1.807) is 11.8 Å². The fourth-order valence-electron chi connectivity index (χ4n) is 2.61. The van der Waals surface area contributed by atoms with Crippen molar-refractivity contribution in [1.82, 2.24) is 4.90 Å². The Morgan fingerprint density at radius 2 is 1.52 bits per heavy atom. The minimum absolute atomic E-state index is 0.771. The van der Waals surface area contributed by atoms with Crippen LogP contribution in [0.1, 0.15) is 18.4 Å². The van der Waals surface area contributed by atoms with Gasteiger partial charge in [-0.1, -0.05) is 60.3 Å². The Hall–Kier alpha value is -2.07. The number of nitrogens with zero attached hydrogens (tertiary/aromatic N) is 3. The second-order valence-electron chi connectivity index (χ2n) is 5.43. The molecule has 0 amide bonds. The zero-order valence-corrected chi connectivity index (χ0v) is 14.2. The predicted octanol–water partition coefficient (Wildman–Crippen LogP) is 4.58. The third kappa shape index (κ3) is 4.23. The fourth-order valence-corrected chi connectivity index (χ4v) is 3.23. The summed E-state index contributed by atoms with van der Waals surface area (Å²) in [6.07, 6.45) is 4.58. The summed E-state index contributed by atoms with van der Waals surface area (Å²) < 4.78 is 0. The lowest BCUT2D eigenvalue weighted by Gasteiger charge is -2.18. The van der Waals surface area contributed by atoms with Gasteiger partial charge in [0.25, 0.3) is 0 Å². The largest absolute Gasteiger partial charge is 0.351 e. The van der Waals surface area contributed by atoms with E-state index in [1.807, 2.05) is 48.5 Å². The van der Waals surface area contributed by atoms with Crippen LogP contribution in [-0.2, 0) is 0 Å². The zero-order chi connectivity index (χ0) is 15.9. The van der Waals surface area contributed by atoms with Crippen molar-refractivity contribution >= 4 is 28.5 Å². The number of benzene rings is 2. The van der Waals surface area contributed by atoms with E-state index in [0.717, 1.165) is 35.3 Å². The van der Waals surface area contributed by atoms with Crippen LogP contribution in [0.2, 0.25) is 0 Å². The molecule has 0 aliphatic carbocycles. The van der Waals surface area contributed by atoms with Crippen molar-refractivity contribution in [1.29, 1.82) is 0 Å². The van der Waals surface area contributed by atoms with E-state index in [-0.39, 0.29) is 0 Å². The van der Waals surface area contributed by atoms with E-state index in [1.165, 1.54) is 12.8 Å². The molecule has 1 heterocycles. The molecule has 0 bridgehead atoms. The van der Waals surface area contributed by atoms with E-state index >= 15 is 0 Å². The van der Waals surface area contributed by atoms with Gasteiger partial charge in [-0.3, -0.25) is 0 Å². The molecule has 1 aliphatic rings. The first-order valence-electron chi connectivity index (χ1n) is 7.93. The average Bonchev–Trinajstić information content (AvgIpc) is 3.14. The highest BCUT2D eigenvalue weighted by atomic mass is 32.2. The highest BCUT2D eigenvalue weighted by Crippen LogP contribution is 2.18. The third-order valence-electron chi connectivity index (χ3n) is 3.78. The Morgan fingerprint density at radius 3 is 2.13 bits per heavy atom. The Kier molecular flexibility index (Phi) is 5.48. The standard InChI is InChI=1S/C19H21N3S/c1-23-19(22-14-8-9-15-22)21-18(16-10-4-2-5-11-16)20-17-12-6-3-7-13-17/h2-7,10-13H,8-9,14-15H2,1H3. The van der Waals surface area contributed by atoms with Gasteiger partial charge in [0, 0.05) is 18.7 Å². The van der Waals surface area contributed by atoms with Gasteiger partial charge in [-0.25, -0.2) is 9.98 Å². The molecule has 1 saturated heterocycles. The van der Waals surface area contributed by atoms with Crippen molar-refractivity contribution in [2.24, 2.45) is 9.98 Å². The van der Waals surface area contributed by atoms with Gasteiger partial charge in [0.15, 0.2) is 11.0 Å². The molecule has 2 aromatic carbocycles. The summed E-state index contributed by atoms with van der Waals surface area (Å²) in [5.74, 6) is 0.771. The van der Waals surface area contributed by atoms with Crippen LogP contribution >= 0.6 is 11.8 Å². The van der Waals surface area contributed by atoms with Gasteiger partial charge < -0.3 is 4.90 Å². The van der Waals surface area contributed by atoms with Crippen molar-refractivity contribution in [2.45, 2.75) is 12.8 Å². The summed E-state index contributed by atoms with van der Waals surface area (Å²) in [6, 6.07) is 20.2. The topological polar surface area (TPSA) is 28.0 Å². The van der Waals surface area contributed by atoms with E-state index in [4.69, 9.17) is 9.98 Å².